The van der Waals surface area contributed by atoms with Gasteiger partial charge in [0.15, 0.2) is 0 Å². The second kappa shape index (κ2) is 9.96. The summed E-state index contributed by atoms with van der Waals surface area (Å²) in [6.07, 6.45) is 1.35. The molecule has 4 aromatic carbocycles. The van der Waals surface area contributed by atoms with Gasteiger partial charge in [0, 0.05) is 23.4 Å². The van der Waals surface area contributed by atoms with Crippen LogP contribution in [0.2, 0.25) is 0 Å². The van der Waals surface area contributed by atoms with Crippen LogP contribution >= 0.6 is 0 Å². The van der Waals surface area contributed by atoms with E-state index in [1.165, 1.54) is 35.4 Å². The number of phenolic OH excluding ortho intramolecular Hbond substituents is 1. The van der Waals surface area contributed by atoms with Crippen molar-refractivity contribution in [3.05, 3.63) is 107 Å². The van der Waals surface area contributed by atoms with Crippen LogP contribution in [0.4, 0.5) is 27.1 Å². The summed E-state index contributed by atoms with van der Waals surface area (Å²) in [4.78, 5) is 26.5. The minimum Gasteiger partial charge on any atom is -0.505 e. The first kappa shape index (κ1) is 25.5. The van der Waals surface area contributed by atoms with E-state index in [1.54, 1.807) is 24.3 Å². The number of amides is 1. The lowest BCUT2D eigenvalue weighted by molar-refractivity contribution is -0.112. The zero-order valence-electron chi connectivity index (χ0n) is 21.0. The molecule has 0 radical (unpaired) electrons. The molecule has 0 aromatic heterocycles. The summed E-state index contributed by atoms with van der Waals surface area (Å²) in [6, 6.07) is 18.7. The third-order valence-electron chi connectivity index (χ3n) is 6.42. The van der Waals surface area contributed by atoms with Gasteiger partial charge in [-0.3, -0.25) is 20.4 Å². The maximum absolute atomic E-state index is 14.7. The molecule has 0 bridgehead atoms. The van der Waals surface area contributed by atoms with Gasteiger partial charge in [-0.15, -0.1) is 0 Å². The Morgan fingerprint density at radius 2 is 1.69 bits per heavy atom. The summed E-state index contributed by atoms with van der Waals surface area (Å²) < 4.78 is 14.7. The minimum absolute atomic E-state index is 0.00893. The Labute approximate surface area is 223 Å². The number of hydrogen-bond acceptors (Lipinski definition) is 6. The molecule has 0 atom stereocenters. The molecule has 1 amide bonds. The fourth-order valence-corrected chi connectivity index (χ4v) is 4.74. The topological polar surface area (TPSA) is 122 Å². The molecular formula is C30H24FN3O5. The predicted octanol–water partition coefficient (Wildman–Crippen LogP) is 6.45. The van der Waals surface area contributed by atoms with Crippen molar-refractivity contribution in [2.75, 3.05) is 15.7 Å². The highest BCUT2D eigenvalue weighted by atomic mass is 19.1. The van der Waals surface area contributed by atoms with Gasteiger partial charge in [0.25, 0.3) is 5.91 Å². The van der Waals surface area contributed by atoms with E-state index in [9.17, 15) is 29.4 Å². The van der Waals surface area contributed by atoms with Gasteiger partial charge in [0.2, 0.25) is 0 Å². The molecule has 5 rings (SSSR count). The van der Waals surface area contributed by atoms with Crippen LogP contribution < -0.4 is 15.7 Å². The second-order valence-corrected chi connectivity index (χ2v) is 9.27. The number of nitrogens with zero attached hydrogens (tertiary/aromatic N) is 1. The quantitative estimate of drug-likeness (QED) is 0.111. The van der Waals surface area contributed by atoms with E-state index in [2.05, 4.69) is 10.8 Å². The third-order valence-corrected chi connectivity index (χ3v) is 6.42. The number of hydrogen-bond donors (Lipinski definition) is 5. The molecule has 0 saturated carbocycles. The molecule has 0 fully saturated rings. The van der Waals surface area contributed by atoms with Crippen molar-refractivity contribution in [2.24, 2.45) is 0 Å². The van der Waals surface area contributed by atoms with E-state index in [4.69, 9.17) is 0 Å². The SMILES string of the molecule is Cc1cc(C)cc(-c2cc(F)cc(N/C=C3\C(=O)N(c4cccc(C(=O)O)c4)c4ccc(NO)cc43)c2O)c1. The molecule has 196 valence electrons. The van der Waals surface area contributed by atoms with Gasteiger partial charge in [-0.05, 0) is 61.9 Å². The Hall–Kier alpha value is -5.15. The second-order valence-electron chi connectivity index (χ2n) is 9.27. The molecule has 9 heteroatoms. The van der Waals surface area contributed by atoms with Crippen molar-refractivity contribution < 1.29 is 29.4 Å². The number of aryl methyl sites for hydroxylation is 2. The number of carboxylic acids is 1. The lowest BCUT2D eigenvalue weighted by Crippen LogP contribution is -2.21. The molecule has 1 aliphatic rings. The van der Waals surface area contributed by atoms with Crippen molar-refractivity contribution in [2.45, 2.75) is 13.8 Å². The molecule has 0 spiro atoms. The summed E-state index contributed by atoms with van der Waals surface area (Å²) in [7, 11) is 0. The molecule has 8 nitrogen and oxygen atoms in total. The van der Waals surface area contributed by atoms with Crippen LogP contribution in [0.5, 0.6) is 5.75 Å². The Bertz CT molecular complexity index is 1660. The number of halogens is 1. The van der Waals surface area contributed by atoms with Crippen LogP contribution in [-0.2, 0) is 4.79 Å². The van der Waals surface area contributed by atoms with Crippen molar-refractivity contribution in [3.8, 4) is 16.9 Å². The number of carbonyl (C=O) groups excluding carboxylic acids is 1. The monoisotopic (exact) mass is 525 g/mol. The van der Waals surface area contributed by atoms with Crippen molar-refractivity contribution in [1.29, 1.82) is 0 Å². The highest BCUT2D eigenvalue weighted by Gasteiger charge is 2.34. The van der Waals surface area contributed by atoms with E-state index >= 15 is 0 Å². The number of carboxylic acid groups (broad SMARTS) is 1. The van der Waals surface area contributed by atoms with E-state index in [0.29, 0.717) is 33.8 Å². The summed E-state index contributed by atoms with van der Waals surface area (Å²) >= 11 is 0. The highest BCUT2D eigenvalue weighted by molar-refractivity contribution is 6.35. The van der Waals surface area contributed by atoms with E-state index in [1.807, 2.05) is 32.0 Å². The van der Waals surface area contributed by atoms with Crippen LogP contribution in [0.15, 0.2) is 79.0 Å². The molecule has 0 aliphatic carbocycles. The number of aromatic carboxylic acids is 1. The number of nitrogens with one attached hydrogen (secondary N) is 2. The first-order valence-corrected chi connectivity index (χ1v) is 12.0. The molecular weight excluding hydrogens is 501 g/mol. The Morgan fingerprint density at radius 3 is 2.38 bits per heavy atom. The van der Waals surface area contributed by atoms with Gasteiger partial charge in [0.05, 0.1) is 33.9 Å². The van der Waals surface area contributed by atoms with Gasteiger partial charge >= 0.3 is 5.97 Å². The first-order chi connectivity index (χ1) is 18.7. The lowest BCUT2D eigenvalue weighted by Gasteiger charge is -2.18. The lowest BCUT2D eigenvalue weighted by atomic mass is 9.99. The van der Waals surface area contributed by atoms with E-state index in [0.717, 1.165) is 17.2 Å². The Morgan fingerprint density at radius 1 is 0.949 bits per heavy atom. The predicted molar refractivity (Wildman–Crippen MR) is 147 cm³/mol. The number of carbonyl (C=O) groups is 2. The standard InChI is InChI=1S/C30H24FN3O5/c1-16-8-17(2)10-19(9-16)23-12-20(31)13-26(28(23)35)32-15-25-24-14-21(33-39)6-7-27(24)34(29(25)36)22-5-3-4-18(11-22)30(37)38/h3-15,32-33,35,39H,1-2H3,(H,37,38)/b25-15-. The number of rotatable bonds is 6. The van der Waals surface area contributed by atoms with Crippen molar-refractivity contribution >= 4 is 40.2 Å². The zero-order valence-corrected chi connectivity index (χ0v) is 21.0. The van der Waals surface area contributed by atoms with Crippen LogP contribution in [0.25, 0.3) is 16.7 Å². The molecule has 4 aromatic rings. The van der Waals surface area contributed by atoms with Crippen molar-refractivity contribution in [1.82, 2.24) is 0 Å². The van der Waals surface area contributed by atoms with Crippen LogP contribution in [0.3, 0.4) is 0 Å². The maximum Gasteiger partial charge on any atom is 0.335 e. The number of benzene rings is 4. The molecule has 5 N–H and O–H groups in total. The first-order valence-electron chi connectivity index (χ1n) is 12.0. The highest BCUT2D eigenvalue weighted by Crippen LogP contribution is 2.43. The summed E-state index contributed by atoms with van der Waals surface area (Å²) in [6.45, 7) is 3.82. The van der Waals surface area contributed by atoms with Gasteiger partial charge in [-0.1, -0.05) is 35.4 Å². The number of phenols is 1. The number of aromatic hydroxyl groups is 1. The minimum atomic E-state index is -1.14. The fourth-order valence-electron chi connectivity index (χ4n) is 4.74. The van der Waals surface area contributed by atoms with Crippen LogP contribution in [-0.4, -0.2) is 27.3 Å². The molecule has 1 aliphatic heterocycles. The normalized spacial score (nSPS) is 13.5. The summed E-state index contributed by atoms with van der Waals surface area (Å²) in [5.41, 5.74) is 6.65. The smallest absolute Gasteiger partial charge is 0.335 e. The average molecular weight is 526 g/mol. The Kier molecular flexibility index (Phi) is 6.51. The summed E-state index contributed by atoms with van der Waals surface area (Å²) in [5.74, 6) is -2.40. The summed E-state index contributed by atoms with van der Waals surface area (Å²) in [5, 5.41) is 32.7. The van der Waals surface area contributed by atoms with Gasteiger partial charge in [-0.25, -0.2) is 9.18 Å². The Balaban J connectivity index is 1.58. The average Bonchev–Trinajstić information content (AvgIpc) is 3.18. The number of fused-ring (bicyclic) bond motifs is 1. The van der Waals surface area contributed by atoms with Gasteiger partial charge in [-0.2, -0.15) is 0 Å². The van der Waals surface area contributed by atoms with Gasteiger partial charge < -0.3 is 15.5 Å². The zero-order chi connectivity index (χ0) is 27.8. The molecule has 0 unspecified atom stereocenters. The molecule has 0 saturated heterocycles. The molecule has 1 heterocycles. The van der Waals surface area contributed by atoms with Crippen molar-refractivity contribution in [3.63, 3.8) is 0 Å². The molecule has 39 heavy (non-hydrogen) atoms. The maximum atomic E-state index is 14.7. The largest absolute Gasteiger partial charge is 0.505 e. The van der Waals surface area contributed by atoms with Crippen LogP contribution in [0, 0.1) is 19.7 Å². The third kappa shape index (κ3) is 4.78. The number of anilines is 4. The van der Waals surface area contributed by atoms with E-state index in [-0.39, 0.29) is 22.6 Å². The van der Waals surface area contributed by atoms with Gasteiger partial charge in [0.1, 0.15) is 11.6 Å². The van der Waals surface area contributed by atoms with E-state index < -0.39 is 17.7 Å². The van der Waals surface area contributed by atoms with Crippen LogP contribution in [0.1, 0.15) is 27.0 Å². The fraction of sp³-hybridized carbons (Fsp3) is 0.0667.